The minimum absolute atomic E-state index is 0. The quantitative estimate of drug-likeness (QED) is 0.125. The van der Waals surface area contributed by atoms with Crippen LogP contribution in [0.5, 0.6) is 0 Å². The number of ether oxygens (including phenoxy) is 1. The molecule has 2 aromatic carbocycles. The molecule has 2 aromatic heterocycles. The Hall–Kier alpha value is -4.70. The first-order valence-corrected chi connectivity index (χ1v) is 16.1. The van der Waals surface area contributed by atoms with Gasteiger partial charge >= 0.3 is 41.5 Å². The molecule has 0 saturated carbocycles. The van der Waals surface area contributed by atoms with Crippen LogP contribution in [0.2, 0.25) is 0 Å². The third-order valence-corrected chi connectivity index (χ3v) is 8.03. The topological polar surface area (TPSA) is 216 Å². The number of hydrogen-bond donors (Lipinski definition) is 5. The number of nitrogens with one attached hydrogen (secondary N) is 4. The van der Waals surface area contributed by atoms with Crippen molar-refractivity contribution in [2.45, 2.75) is 45.4 Å². The van der Waals surface area contributed by atoms with Crippen molar-refractivity contribution in [3.05, 3.63) is 92.8 Å². The van der Waals surface area contributed by atoms with Gasteiger partial charge in [0.1, 0.15) is 11.1 Å². The number of hydrogen-bond acceptors (Lipinski definition) is 12. The summed E-state index contributed by atoms with van der Waals surface area (Å²) in [5.74, 6) is -1.47. The van der Waals surface area contributed by atoms with Gasteiger partial charge in [-0.05, 0) is 94.0 Å². The van der Waals surface area contributed by atoms with Crippen molar-refractivity contribution >= 4 is 46.6 Å². The summed E-state index contributed by atoms with van der Waals surface area (Å²) < 4.78 is 4.81. The van der Waals surface area contributed by atoms with Crippen molar-refractivity contribution in [3.8, 4) is 0 Å². The number of carbonyl (C=O) groups excluding carboxylic acids is 1. The number of carboxylic acids is 1. The summed E-state index contributed by atoms with van der Waals surface area (Å²) in [6.45, 7) is 6.25. The van der Waals surface area contributed by atoms with Gasteiger partial charge in [0.2, 0.25) is 11.9 Å². The Bertz CT molecular complexity index is 1800. The Morgan fingerprint density at radius 3 is 1.48 bits per heavy atom. The second kappa shape index (κ2) is 19.5. The molecule has 0 amide bonds. The molecule has 0 atom stereocenters. The second-order valence-electron chi connectivity index (χ2n) is 11.4. The van der Waals surface area contributed by atoms with E-state index in [1.165, 1.54) is 56.1 Å². The van der Waals surface area contributed by atoms with Crippen LogP contribution >= 0.6 is 0 Å². The van der Waals surface area contributed by atoms with Gasteiger partial charge in [-0.3, -0.25) is 19.6 Å². The number of carboxylic acid groups (broad SMARTS) is 1. The summed E-state index contributed by atoms with van der Waals surface area (Å²) in [5, 5.41) is 14.8. The predicted octanol–water partition coefficient (Wildman–Crippen LogP) is 1.71. The van der Waals surface area contributed by atoms with E-state index in [-0.39, 0.29) is 64.7 Å². The zero-order valence-electron chi connectivity index (χ0n) is 28.3. The molecule has 2 fully saturated rings. The largest absolute Gasteiger partial charge is 1.00 e. The number of esters is 1. The minimum atomic E-state index is -1.30. The van der Waals surface area contributed by atoms with E-state index >= 15 is 0 Å². The number of aromatic carboxylic acids is 1. The number of benzene rings is 2. The molecule has 50 heavy (non-hydrogen) atoms. The number of aromatic amines is 2. The van der Waals surface area contributed by atoms with Crippen LogP contribution in [0.25, 0.3) is 0 Å². The van der Waals surface area contributed by atoms with E-state index < -0.39 is 23.1 Å². The first-order chi connectivity index (χ1) is 23.3. The molecule has 2 aliphatic heterocycles. The number of rotatable bonds is 9. The average molecular weight is 697 g/mol. The van der Waals surface area contributed by atoms with Crippen molar-refractivity contribution in [1.29, 1.82) is 0 Å². The fourth-order valence-corrected chi connectivity index (χ4v) is 5.51. The van der Waals surface area contributed by atoms with Gasteiger partial charge in [-0.1, -0.05) is 0 Å². The van der Waals surface area contributed by atoms with Crippen molar-refractivity contribution in [3.63, 3.8) is 0 Å². The Morgan fingerprint density at radius 1 is 0.720 bits per heavy atom. The third-order valence-electron chi connectivity index (χ3n) is 8.03. The number of H-pyrrole nitrogens is 2. The number of anilines is 6. The maximum absolute atomic E-state index is 12.0. The molecule has 6 N–H and O–H groups in total. The van der Waals surface area contributed by atoms with E-state index in [4.69, 9.17) is 9.84 Å². The van der Waals surface area contributed by atoms with Crippen LogP contribution in [0.15, 0.2) is 70.5 Å². The maximum atomic E-state index is 12.0. The Morgan fingerprint density at radius 2 is 1.12 bits per heavy atom. The standard InChI is InChI=1S/C18H22N4O3.C16H18N4O3.Na.H2O/c1-2-25-17(24)15-12-19-18(21-16(15)23)20-13-6-8-14(9-7-13)22-10-4-3-5-11-22;21-14-13(15(22)23)10-17-16(19-14)18-11-4-6-12(7-5-11)20-8-2-1-3-9-20;;/h6-9,12H,2-5,10-11H2,1H3,(H2,19,20,21,23);4-7,10H,1-3,8-9H2,(H,22,23)(H2,17,18,19,21);;1H2/q;;+1;/p-1. The third kappa shape index (κ3) is 10.9. The van der Waals surface area contributed by atoms with E-state index in [1.54, 1.807) is 6.92 Å². The molecular formula is C34H41N8NaO7. The molecule has 6 rings (SSSR count). The molecule has 16 heteroatoms. The summed E-state index contributed by atoms with van der Waals surface area (Å²) >= 11 is 0. The number of carbonyl (C=O) groups is 2. The SMILES string of the molecule is CCOC(=O)c1cnc(Nc2ccc(N3CCCCC3)cc2)[nH]c1=O.O=C(O)c1cnc(Nc2ccc(N3CCCCC3)cc2)[nH]c1=O.[Na+].[OH-]. The summed E-state index contributed by atoms with van der Waals surface area (Å²) in [6.07, 6.45) is 9.78. The fourth-order valence-electron chi connectivity index (χ4n) is 5.51. The molecule has 15 nitrogen and oxygen atoms in total. The van der Waals surface area contributed by atoms with Gasteiger partial charge in [0.05, 0.1) is 19.0 Å². The monoisotopic (exact) mass is 696 g/mol. The molecule has 0 spiro atoms. The zero-order valence-corrected chi connectivity index (χ0v) is 30.3. The number of piperidine rings is 2. The summed E-state index contributed by atoms with van der Waals surface area (Å²) in [7, 11) is 0. The normalized spacial score (nSPS) is 13.8. The second-order valence-corrected chi connectivity index (χ2v) is 11.4. The van der Waals surface area contributed by atoms with Gasteiger partial charge in [0.25, 0.3) is 11.1 Å². The van der Waals surface area contributed by atoms with Crippen molar-refractivity contribution in [2.24, 2.45) is 0 Å². The van der Waals surface area contributed by atoms with Crippen molar-refractivity contribution in [2.75, 3.05) is 53.2 Å². The molecule has 4 heterocycles. The van der Waals surface area contributed by atoms with E-state index in [1.807, 2.05) is 36.4 Å². The summed E-state index contributed by atoms with van der Waals surface area (Å²) in [4.78, 5) is 63.7. The first kappa shape index (κ1) is 39.7. The van der Waals surface area contributed by atoms with E-state index in [0.717, 1.165) is 43.8 Å². The average Bonchev–Trinajstić information content (AvgIpc) is 3.10. The van der Waals surface area contributed by atoms with Crippen molar-refractivity contribution < 1.29 is 54.5 Å². The molecule has 2 saturated heterocycles. The smallest absolute Gasteiger partial charge is 0.870 e. The van der Waals surface area contributed by atoms with Crippen LogP contribution in [0, 0.1) is 0 Å². The van der Waals surface area contributed by atoms with Crippen LogP contribution in [-0.2, 0) is 4.74 Å². The Balaban J connectivity index is 0.000000261. The molecule has 2 aliphatic rings. The molecular weight excluding hydrogens is 655 g/mol. The van der Waals surface area contributed by atoms with Crippen LogP contribution in [0.1, 0.15) is 66.2 Å². The van der Waals surface area contributed by atoms with Gasteiger partial charge in [0, 0.05) is 48.9 Å². The molecule has 0 unspecified atom stereocenters. The molecule has 0 aliphatic carbocycles. The van der Waals surface area contributed by atoms with Gasteiger partial charge in [0.15, 0.2) is 0 Å². The minimum Gasteiger partial charge on any atom is -0.870 e. The van der Waals surface area contributed by atoms with Gasteiger partial charge in [-0.25, -0.2) is 19.6 Å². The van der Waals surface area contributed by atoms with E-state index in [0.29, 0.717) is 0 Å². The fraction of sp³-hybridized carbons (Fsp3) is 0.353. The molecule has 0 bridgehead atoms. The number of aromatic nitrogens is 4. The Kier molecular flexibility index (Phi) is 15.5. The van der Waals surface area contributed by atoms with Crippen molar-refractivity contribution in [1.82, 2.24) is 19.9 Å². The van der Waals surface area contributed by atoms with Crippen LogP contribution in [0.3, 0.4) is 0 Å². The summed E-state index contributed by atoms with van der Waals surface area (Å²) in [6, 6.07) is 15.9. The van der Waals surface area contributed by atoms with E-state index in [2.05, 4.69) is 52.5 Å². The first-order valence-electron chi connectivity index (χ1n) is 16.1. The van der Waals surface area contributed by atoms with Crippen LogP contribution in [0.4, 0.5) is 34.6 Å². The van der Waals surface area contributed by atoms with E-state index in [9.17, 15) is 19.2 Å². The predicted molar refractivity (Wildman–Crippen MR) is 186 cm³/mol. The Labute approximate surface area is 311 Å². The maximum Gasteiger partial charge on any atom is 1.00 e. The van der Waals surface area contributed by atoms with Gasteiger partial charge in [-0.2, -0.15) is 0 Å². The van der Waals surface area contributed by atoms with Crippen LogP contribution < -0.4 is 61.1 Å². The van der Waals surface area contributed by atoms with Gasteiger partial charge in [-0.15, -0.1) is 0 Å². The molecule has 4 aromatic rings. The zero-order chi connectivity index (χ0) is 33.9. The summed E-state index contributed by atoms with van der Waals surface area (Å²) in [5.41, 5.74) is 2.27. The van der Waals surface area contributed by atoms with Gasteiger partial charge < -0.3 is 35.8 Å². The molecule has 0 radical (unpaired) electrons. The van der Waals surface area contributed by atoms with Crippen LogP contribution in [-0.4, -0.2) is 75.2 Å². The molecule has 260 valence electrons. The number of nitrogens with zero attached hydrogens (tertiary/aromatic N) is 4.